The van der Waals surface area contributed by atoms with Gasteiger partial charge in [0.05, 0.1) is 0 Å². The van der Waals surface area contributed by atoms with Gasteiger partial charge in [-0.1, -0.05) is 36.4 Å². The molecule has 1 aromatic heterocycles. The van der Waals surface area contributed by atoms with Crippen LogP contribution >= 0.6 is 11.3 Å². The Balaban J connectivity index is 1.58. The average Bonchev–Trinajstić information content (AvgIpc) is 3.29. The van der Waals surface area contributed by atoms with Gasteiger partial charge < -0.3 is 15.5 Å². The van der Waals surface area contributed by atoms with E-state index in [1.165, 1.54) is 34.4 Å². The first-order valence-corrected chi connectivity index (χ1v) is 10.9. The van der Waals surface area contributed by atoms with Crippen LogP contribution in [0.5, 0.6) is 0 Å². The number of nitrogens with zero attached hydrogens (tertiary/aromatic N) is 2. The van der Waals surface area contributed by atoms with Gasteiger partial charge in [0.25, 0.3) is 0 Å². The fourth-order valence-electron chi connectivity index (χ4n) is 2.98. The summed E-state index contributed by atoms with van der Waals surface area (Å²) in [5.41, 5.74) is 1.34. The average molecular weight is 455 g/mol. The summed E-state index contributed by atoms with van der Waals surface area (Å²) in [5.74, 6) is -1.71. The number of carbonyl (C=O) groups is 3. The van der Waals surface area contributed by atoms with Crippen LogP contribution < -0.4 is 15.5 Å². The van der Waals surface area contributed by atoms with E-state index in [9.17, 15) is 18.8 Å². The zero-order valence-corrected chi connectivity index (χ0v) is 18.1. The van der Waals surface area contributed by atoms with Crippen molar-refractivity contribution in [1.29, 1.82) is 0 Å². The van der Waals surface area contributed by atoms with Crippen LogP contribution in [0.4, 0.5) is 15.2 Å². The van der Waals surface area contributed by atoms with Crippen molar-refractivity contribution >= 4 is 39.9 Å². The zero-order chi connectivity index (χ0) is 22.8. The maximum Gasteiger partial charge on any atom is 0.240 e. The number of halogens is 1. The summed E-state index contributed by atoms with van der Waals surface area (Å²) in [6.45, 7) is 0.134. The number of hydrogen-bond donors (Lipinski definition) is 2. The second-order valence-corrected chi connectivity index (χ2v) is 7.83. The van der Waals surface area contributed by atoms with Gasteiger partial charge in [-0.25, -0.2) is 9.37 Å². The molecule has 0 bridgehead atoms. The third-order valence-corrected chi connectivity index (χ3v) is 5.23. The molecule has 32 heavy (non-hydrogen) atoms. The van der Waals surface area contributed by atoms with Crippen molar-refractivity contribution in [2.45, 2.75) is 19.3 Å². The lowest BCUT2D eigenvalue weighted by atomic mass is 10.1. The third kappa shape index (κ3) is 7.28. The second-order valence-electron chi connectivity index (χ2n) is 6.93. The second kappa shape index (κ2) is 11.7. The summed E-state index contributed by atoms with van der Waals surface area (Å²) in [6, 6.07) is 15.1. The van der Waals surface area contributed by atoms with Crippen LogP contribution in [-0.2, 0) is 20.8 Å². The Morgan fingerprint density at radius 1 is 1.00 bits per heavy atom. The first-order valence-electron chi connectivity index (χ1n) is 10.1. The fraction of sp³-hybridized carbons (Fsp3) is 0.217. The lowest BCUT2D eigenvalue weighted by Crippen LogP contribution is -2.41. The Morgan fingerprint density at radius 2 is 1.81 bits per heavy atom. The summed E-state index contributed by atoms with van der Waals surface area (Å²) < 4.78 is 13.7. The molecule has 0 saturated carbocycles. The quantitative estimate of drug-likeness (QED) is 0.491. The van der Waals surface area contributed by atoms with Gasteiger partial charge in [-0.3, -0.25) is 14.4 Å². The molecule has 0 fully saturated rings. The molecule has 1 heterocycles. The van der Waals surface area contributed by atoms with E-state index >= 15 is 0 Å². The number of anilines is 2. The highest BCUT2D eigenvalue weighted by Crippen LogP contribution is 2.18. The van der Waals surface area contributed by atoms with Crippen molar-refractivity contribution in [1.82, 2.24) is 10.3 Å². The van der Waals surface area contributed by atoms with Gasteiger partial charge in [0.15, 0.2) is 5.13 Å². The third-order valence-electron chi connectivity index (χ3n) is 4.55. The van der Waals surface area contributed by atoms with Crippen LogP contribution in [0.1, 0.15) is 18.4 Å². The first-order chi connectivity index (χ1) is 15.5. The molecule has 0 atom stereocenters. The normalized spacial score (nSPS) is 10.4. The molecule has 0 radical (unpaired) electrons. The van der Waals surface area contributed by atoms with Crippen LogP contribution in [0.2, 0.25) is 0 Å². The number of rotatable bonds is 10. The van der Waals surface area contributed by atoms with E-state index in [0.717, 1.165) is 5.56 Å². The van der Waals surface area contributed by atoms with E-state index in [-0.39, 0.29) is 36.9 Å². The Bertz CT molecular complexity index is 1040. The number of nitrogens with one attached hydrogen (secondary N) is 2. The van der Waals surface area contributed by atoms with Crippen molar-refractivity contribution in [3.05, 3.63) is 77.6 Å². The number of amides is 3. The summed E-state index contributed by atoms with van der Waals surface area (Å²) in [4.78, 5) is 42.5. The molecular weight excluding hydrogens is 431 g/mol. The Hall–Kier alpha value is -3.59. The number of thiazole rings is 1. The number of benzene rings is 2. The van der Waals surface area contributed by atoms with Crippen LogP contribution in [0.15, 0.2) is 66.2 Å². The zero-order valence-electron chi connectivity index (χ0n) is 17.3. The van der Waals surface area contributed by atoms with Crippen molar-refractivity contribution in [3.8, 4) is 0 Å². The minimum absolute atomic E-state index is 0.0835. The summed E-state index contributed by atoms with van der Waals surface area (Å²) in [5, 5.41) is 7.56. The van der Waals surface area contributed by atoms with Crippen molar-refractivity contribution < 1.29 is 18.8 Å². The van der Waals surface area contributed by atoms with Crippen LogP contribution in [0.25, 0.3) is 0 Å². The molecule has 3 amide bonds. The number of hydrogen-bond acceptors (Lipinski definition) is 5. The van der Waals surface area contributed by atoms with Crippen LogP contribution in [0, 0.1) is 5.82 Å². The minimum atomic E-state index is -0.522. The molecule has 7 nitrogen and oxygen atoms in total. The summed E-state index contributed by atoms with van der Waals surface area (Å²) in [7, 11) is 0. The maximum atomic E-state index is 13.7. The molecule has 3 aromatic rings. The molecule has 0 aliphatic rings. The highest BCUT2D eigenvalue weighted by Gasteiger charge is 2.20. The van der Waals surface area contributed by atoms with Crippen molar-refractivity contribution in [2.75, 3.05) is 23.3 Å². The Kier molecular flexibility index (Phi) is 8.44. The van der Waals surface area contributed by atoms with Crippen molar-refractivity contribution in [3.63, 3.8) is 0 Å². The Labute approximate surface area is 189 Å². The molecule has 9 heteroatoms. The van der Waals surface area contributed by atoms with Crippen LogP contribution in [0.3, 0.4) is 0 Å². The molecule has 0 spiro atoms. The van der Waals surface area contributed by atoms with Gasteiger partial charge in [0, 0.05) is 36.7 Å². The Morgan fingerprint density at radius 3 is 2.53 bits per heavy atom. The highest BCUT2D eigenvalue weighted by atomic mass is 32.1. The summed E-state index contributed by atoms with van der Waals surface area (Å²) in [6.07, 6.45) is 2.00. The van der Waals surface area contributed by atoms with Gasteiger partial charge in [-0.2, -0.15) is 0 Å². The van der Waals surface area contributed by atoms with Crippen LogP contribution in [-0.4, -0.2) is 35.8 Å². The van der Waals surface area contributed by atoms with E-state index in [1.54, 1.807) is 17.6 Å². The van der Waals surface area contributed by atoms with E-state index < -0.39 is 11.7 Å². The van der Waals surface area contributed by atoms with E-state index in [1.807, 2.05) is 30.3 Å². The molecule has 166 valence electrons. The van der Waals surface area contributed by atoms with Gasteiger partial charge in [-0.15, -0.1) is 11.3 Å². The maximum absolute atomic E-state index is 13.7. The smallest absolute Gasteiger partial charge is 0.240 e. The van der Waals surface area contributed by atoms with Gasteiger partial charge in [0.2, 0.25) is 17.7 Å². The minimum Gasteiger partial charge on any atom is -0.354 e. The predicted molar refractivity (Wildman–Crippen MR) is 122 cm³/mol. The van der Waals surface area contributed by atoms with Gasteiger partial charge >= 0.3 is 0 Å². The SMILES string of the molecule is O=C(CN(C(=O)CCC(=O)Nc1nccs1)c1cccc(F)c1)NCCc1ccccc1. The monoisotopic (exact) mass is 454 g/mol. The predicted octanol–water partition coefficient (Wildman–Crippen LogP) is 3.39. The molecule has 0 aliphatic heterocycles. The topological polar surface area (TPSA) is 91.4 Å². The van der Waals surface area contributed by atoms with Gasteiger partial charge in [0.1, 0.15) is 12.4 Å². The molecule has 2 aromatic carbocycles. The highest BCUT2D eigenvalue weighted by molar-refractivity contribution is 7.13. The van der Waals surface area contributed by atoms with E-state index in [0.29, 0.717) is 18.1 Å². The van der Waals surface area contributed by atoms with E-state index in [4.69, 9.17) is 0 Å². The lowest BCUT2D eigenvalue weighted by molar-refractivity contribution is -0.125. The lowest BCUT2D eigenvalue weighted by Gasteiger charge is -2.22. The molecule has 0 saturated heterocycles. The summed E-state index contributed by atoms with van der Waals surface area (Å²) >= 11 is 1.27. The van der Waals surface area contributed by atoms with Gasteiger partial charge in [-0.05, 0) is 30.2 Å². The number of carbonyl (C=O) groups excluding carboxylic acids is 3. The number of aromatic nitrogens is 1. The molecular formula is C23H23FN4O3S. The largest absolute Gasteiger partial charge is 0.354 e. The molecule has 3 rings (SSSR count). The molecule has 0 unspecified atom stereocenters. The first kappa shape index (κ1) is 23.1. The molecule has 0 aliphatic carbocycles. The fourth-order valence-corrected chi connectivity index (χ4v) is 3.53. The van der Waals surface area contributed by atoms with Crippen molar-refractivity contribution in [2.24, 2.45) is 0 Å². The van der Waals surface area contributed by atoms with E-state index in [2.05, 4.69) is 15.6 Å². The molecule has 2 N–H and O–H groups in total. The standard InChI is InChI=1S/C23H23FN4O3S/c24-18-7-4-8-19(15-18)28(16-21(30)25-12-11-17-5-2-1-3-6-17)22(31)10-9-20(29)27-23-26-13-14-32-23/h1-8,13-15H,9-12,16H2,(H,25,30)(H,26,27,29).